The van der Waals surface area contributed by atoms with Crippen molar-refractivity contribution < 1.29 is 10.0 Å². The lowest BCUT2D eigenvalue weighted by atomic mass is 9.99. The van der Waals surface area contributed by atoms with Crippen LogP contribution in [-0.2, 0) is 11.2 Å². The predicted octanol–water partition coefficient (Wildman–Crippen LogP) is 4.25. The number of nitrogens with zero attached hydrogens (tertiary/aromatic N) is 2. The van der Waals surface area contributed by atoms with Gasteiger partial charge in [0.1, 0.15) is 0 Å². The van der Waals surface area contributed by atoms with Gasteiger partial charge in [0.05, 0.1) is 23.5 Å². The van der Waals surface area contributed by atoms with E-state index in [1.165, 1.54) is 0 Å². The molecule has 2 N–H and O–H groups in total. The number of benzene rings is 3. The van der Waals surface area contributed by atoms with Crippen molar-refractivity contribution in [2.24, 2.45) is 0 Å². The van der Waals surface area contributed by atoms with Crippen LogP contribution in [0.1, 0.15) is 5.56 Å². The minimum Gasteiger partial charge on any atom is -0.289 e. The van der Waals surface area contributed by atoms with Crippen LogP contribution < -0.4 is 5.48 Å². The highest BCUT2D eigenvalue weighted by Gasteiger charge is 2.23. The third-order valence-corrected chi connectivity index (χ3v) is 4.54. The number of amides is 1. The zero-order chi connectivity index (χ0) is 19.3. The molecule has 5 heteroatoms. The van der Waals surface area contributed by atoms with Gasteiger partial charge in [-0.1, -0.05) is 78.9 Å². The highest BCUT2D eigenvalue weighted by atomic mass is 16.5. The number of hydrogen-bond donors (Lipinski definition) is 2. The van der Waals surface area contributed by atoms with Gasteiger partial charge < -0.3 is 0 Å². The number of carbonyl (C=O) groups excluding carboxylic acids is 1. The van der Waals surface area contributed by atoms with Gasteiger partial charge >= 0.3 is 0 Å². The summed E-state index contributed by atoms with van der Waals surface area (Å²) in [7, 11) is 0. The summed E-state index contributed by atoms with van der Waals surface area (Å²) in [5.41, 5.74) is 6.80. The summed E-state index contributed by atoms with van der Waals surface area (Å²) in [4.78, 5) is 12.1. The largest absolute Gasteiger partial charge is 0.289 e. The van der Waals surface area contributed by atoms with Gasteiger partial charge in [0.2, 0.25) is 5.91 Å². The van der Waals surface area contributed by atoms with Gasteiger partial charge in [-0.2, -0.15) is 5.10 Å². The second kappa shape index (κ2) is 7.90. The first-order chi connectivity index (χ1) is 13.8. The maximum Gasteiger partial charge on any atom is 0.247 e. The van der Waals surface area contributed by atoms with Crippen molar-refractivity contribution in [1.82, 2.24) is 15.3 Å². The molecule has 0 saturated heterocycles. The molecule has 4 rings (SSSR count). The van der Waals surface area contributed by atoms with Crippen molar-refractivity contribution >= 4 is 5.91 Å². The zero-order valence-corrected chi connectivity index (χ0v) is 15.1. The summed E-state index contributed by atoms with van der Waals surface area (Å²) in [6, 6.07) is 29.4. The molecular weight excluding hydrogens is 350 g/mol. The minimum atomic E-state index is -0.484. The fraction of sp³-hybridized carbons (Fsp3) is 0.0435. The molecule has 0 fully saturated rings. The lowest BCUT2D eigenvalue weighted by molar-refractivity contribution is -0.128. The molecule has 28 heavy (non-hydrogen) atoms. The molecule has 1 aromatic heterocycles. The van der Waals surface area contributed by atoms with E-state index < -0.39 is 5.91 Å². The van der Waals surface area contributed by atoms with Crippen LogP contribution in [-0.4, -0.2) is 20.9 Å². The van der Waals surface area contributed by atoms with Crippen molar-refractivity contribution in [2.45, 2.75) is 6.42 Å². The lowest BCUT2D eigenvalue weighted by Crippen LogP contribution is -2.21. The van der Waals surface area contributed by atoms with E-state index >= 15 is 0 Å². The summed E-state index contributed by atoms with van der Waals surface area (Å²) >= 11 is 0. The molecule has 0 aliphatic heterocycles. The molecule has 0 aliphatic rings. The number of carbonyl (C=O) groups is 1. The molecule has 0 radical (unpaired) electrons. The molecule has 4 aromatic rings. The molecule has 5 nitrogen and oxygen atoms in total. The van der Waals surface area contributed by atoms with Crippen LogP contribution in [0, 0.1) is 0 Å². The van der Waals surface area contributed by atoms with Gasteiger partial charge in [-0.05, 0) is 12.1 Å². The van der Waals surface area contributed by atoms with E-state index in [4.69, 9.17) is 10.3 Å². The van der Waals surface area contributed by atoms with Crippen molar-refractivity contribution in [3.05, 3.63) is 96.6 Å². The van der Waals surface area contributed by atoms with Crippen LogP contribution >= 0.6 is 0 Å². The second-order valence-electron chi connectivity index (χ2n) is 6.37. The fourth-order valence-corrected chi connectivity index (χ4v) is 3.29. The Hall–Kier alpha value is -3.70. The van der Waals surface area contributed by atoms with Crippen molar-refractivity contribution in [3.8, 4) is 28.2 Å². The second-order valence-corrected chi connectivity index (χ2v) is 6.37. The molecule has 0 unspecified atom stereocenters. The van der Waals surface area contributed by atoms with Crippen LogP contribution in [0.15, 0.2) is 91.0 Å². The van der Waals surface area contributed by atoms with Gasteiger partial charge in [0, 0.05) is 16.7 Å². The third-order valence-electron chi connectivity index (χ3n) is 4.54. The molecule has 3 aromatic carbocycles. The van der Waals surface area contributed by atoms with Crippen LogP contribution in [0.4, 0.5) is 0 Å². The fourth-order valence-electron chi connectivity index (χ4n) is 3.29. The Morgan fingerprint density at radius 3 is 1.93 bits per heavy atom. The Morgan fingerprint density at radius 2 is 1.36 bits per heavy atom. The summed E-state index contributed by atoms with van der Waals surface area (Å²) in [6.07, 6.45) is 0.0117. The lowest BCUT2D eigenvalue weighted by Gasteiger charge is -2.10. The van der Waals surface area contributed by atoms with E-state index in [1.54, 1.807) is 5.48 Å². The van der Waals surface area contributed by atoms with Gasteiger partial charge in [0.15, 0.2) is 0 Å². The number of hydroxylamine groups is 1. The SMILES string of the molecule is O=C(Cc1c(-c2ccccc2)nn(-c2ccccc2)c1-c1ccccc1)NO. The topological polar surface area (TPSA) is 67.2 Å². The number of hydrogen-bond acceptors (Lipinski definition) is 3. The van der Waals surface area contributed by atoms with E-state index in [0.717, 1.165) is 28.1 Å². The van der Waals surface area contributed by atoms with Crippen LogP contribution in [0.5, 0.6) is 0 Å². The summed E-state index contributed by atoms with van der Waals surface area (Å²) < 4.78 is 1.86. The highest BCUT2D eigenvalue weighted by molar-refractivity contribution is 5.85. The quantitative estimate of drug-likeness (QED) is 0.408. The van der Waals surface area contributed by atoms with Crippen LogP contribution in [0.25, 0.3) is 28.2 Å². The monoisotopic (exact) mass is 369 g/mol. The molecule has 0 saturated carbocycles. The van der Waals surface area contributed by atoms with Gasteiger partial charge in [-0.3, -0.25) is 10.0 Å². The van der Waals surface area contributed by atoms with E-state index in [0.29, 0.717) is 5.69 Å². The summed E-state index contributed by atoms with van der Waals surface area (Å²) in [5.74, 6) is -0.484. The van der Waals surface area contributed by atoms with E-state index in [9.17, 15) is 4.79 Å². The van der Waals surface area contributed by atoms with Crippen LogP contribution in [0.2, 0.25) is 0 Å². The molecule has 0 atom stereocenters. The molecule has 1 heterocycles. The van der Waals surface area contributed by atoms with Crippen LogP contribution in [0.3, 0.4) is 0 Å². The average molecular weight is 369 g/mol. The smallest absolute Gasteiger partial charge is 0.247 e. The van der Waals surface area contributed by atoms with Gasteiger partial charge in [0.25, 0.3) is 0 Å². The Balaban J connectivity index is 2.02. The van der Waals surface area contributed by atoms with Gasteiger partial charge in [-0.25, -0.2) is 10.2 Å². The van der Waals surface area contributed by atoms with Crippen molar-refractivity contribution in [3.63, 3.8) is 0 Å². The average Bonchev–Trinajstić information content (AvgIpc) is 3.14. The Bertz CT molecular complexity index is 1080. The summed E-state index contributed by atoms with van der Waals surface area (Å²) in [5, 5.41) is 14.0. The Morgan fingerprint density at radius 1 is 0.821 bits per heavy atom. The van der Waals surface area contributed by atoms with E-state index in [2.05, 4.69) is 0 Å². The Labute approximate surface area is 162 Å². The minimum absolute atomic E-state index is 0.0117. The first-order valence-corrected chi connectivity index (χ1v) is 8.99. The van der Waals surface area contributed by atoms with E-state index in [1.807, 2.05) is 95.7 Å². The first kappa shape index (κ1) is 17.7. The van der Waals surface area contributed by atoms with Crippen molar-refractivity contribution in [2.75, 3.05) is 0 Å². The molecule has 138 valence electrons. The van der Waals surface area contributed by atoms with Crippen molar-refractivity contribution in [1.29, 1.82) is 0 Å². The first-order valence-electron chi connectivity index (χ1n) is 8.99. The third kappa shape index (κ3) is 3.43. The molecular formula is C23H19N3O2. The molecule has 0 aliphatic carbocycles. The predicted molar refractivity (Wildman–Crippen MR) is 108 cm³/mol. The van der Waals surface area contributed by atoms with Gasteiger partial charge in [-0.15, -0.1) is 0 Å². The molecule has 1 amide bonds. The number of para-hydroxylation sites is 1. The highest BCUT2D eigenvalue weighted by Crippen LogP contribution is 2.34. The number of nitrogens with one attached hydrogen (secondary N) is 1. The Kier molecular flexibility index (Phi) is 4.99. The number of rotatable bonds is 5. The normalized spacial score (nSPS) is 10.6. The standard InChI is InChI=1S/C23H19N3O2/c27-21(25-28)16-20-22(17-10-4-1-5-11-17)24-26(19-14-8-3-9-15-19)23(20)18-12-6-2-7-13-18/h1-15,28H,16H2,(H,25,27). The maximum absolute atomic E-state index is 12.1. The number of aromatic nitrogens is 2. The maximum atomic E-state index is 12.1. The zero-order valence-electron chi connectivity index (χ0n) is 15.1. The molecule has 0 spiro atoms. The summed E-state index contributed by atoms with van der Waals surface area (Å²) in [6.45, 7) is 0. The van der Waals surface area contributed by atoms with E-state index in [-0.39, 0.29) is 6.42 Å². The molecule has 0 bridgehead atoms.